The number of morpholine rings is 1. The average molecular weight is 342 g/mol. The van der Waals surface area contributed by atoms with E-state index in [4.69, 9.17) is 4.74 Å². The van der Waals surface area contributed by atoms with Crippen LogP contribution < -0.4 is 0 Å². The van der Waals surface area contributed by atoms with Gasteiger partial charge in [-0.15, -0.1) is 0 Å². The zero-order chi connectivity index (χ0) is 17.2. The minimum Gasteiger partial charge on any atom is -0.374 e. The number of carbonyl (C=O) groups excluding carboxylic acids is 1. The van der Waals surface area contributed by atoms with Crippen molar-refractivity contribution in [2.75, 3.05) is 26.2 Å². The van der Waals surface area contributed by atoms with E-state index in [-0.39, 0.29) is 6.10 Å². The molecule has 3 aliphatic rings. The molecule has 1 aromatic rings. The molecule has 0 unspecified atom stereocenters. The van der Waals surface area contributed by atoms with Gasteiger partial charge in [-0.3, -0.25) is 9.69 Å². The number of ether oxygens (including phenoxy) is 1. The number of nitrogens with zero attached hydrogens (tertiary/aromatic N) is 2. The van der Waals surface area contributed by atoms with Crippen LogP contribution in [0.25, 0.3) is 0 Å². The molecule has 1 aromatic carbocycles. The van der Waals surface area contributed by atoms with Gasteiger partial charge in [-0.25, -0.2) is 0 Å². The summed E-state index contributed by atoms with van der Waals surface area (Å²) in [6.45, 7) is 5.33. The standard InChI is InChI=1S/C21H30N2O2/c1-16-18(17-7-3-2-4-8-17)11-12-22(16)15-21(24)23-13-14-25-20-10-6-5-9-19(20)23/h2-4,7-8,16,18-20H,5-6,9-15H2,1H3/t16-,18-,19-,20+/m1/s1. The molecule has 4 rings (SSSR count). The molecule has 1 amide bonds. The molecule has 4 nitrogen and oxygen atoms in total. The molecule has 136 valence electrons. The second-order valence-electron chi connectivity index (χ2n) is 7.87. The van der Waals surface area contributed by atoms with Crippen molar-refractivity contribution in [2.24, 2.45) is 0 Å². The maximum Gasteiger partial charge on any atom is 0.237 e. The zero-order valence-electron chi connectivity index (χ0n) is 15.3. The first-order valence-electron chi connectivity index (χ1n) is 9.94. The molecule has 0 N–H and O–H groups in total. The average Bonchev–Trinajstić information content (AvgIpc) is 3.02. The van der Waals surface area contributed by atoms with Crippen LogP contribution in [0.1, 0.15) is 50.5 Å². The molecule has 0 spiro atoms. The van der Waals surface area contributed by atoms with Crippen LogP contribution in [-0.2, 0) is 9.53 Å². The number of carbonyl (C=O) groups is 1. The topological polar surface area (TPSA) is 32.8 Å². The first kappa shape index (κ1) is 17.0. The van der Waals surface area contributed by atoms with E-state index in [0.717, 1.165) is 32.4 Å². The van der Waals surface area contributed by atoms with Gasteiger partial charge in [0.1, 0.15) is 0 Å². The van der Waals surface area contributed by atoms with Gasteiger partial charge in [0.05, 0.1) is 25.3 Å². The highest BCUT2D eigenvalue weighted by Gasteiger charge is 2.39. The normalized spacial score (nSPS) is 33.2. The van der Waals surface area contributed by atoms with Crippen molar-refractivity contribution in [3.05, 3.63) is 35.9 Å². The third-order valence-electron chi connectivity index (χ3n) is 6.50. The molecule has 0 bridgehead atoms. The summed E-state index contributed by atoms with van der Waals surface area (Å²) in [6.07, 6.45) is 6.12. The Morgan fingerprint density at radius 3 is 2.76 bits per heavy atom. The molecule has 4 atom stereocenters. The highest BCUT2D eigenvalue weighted by Crippen LogP contribution is 2.34. The second-order valence-corrected chi connectivity index (χ2v) is 7.87. The predicted molar refractivity (Wildman–Crippen MR) is 98.5 cm³/mol. The van der Waals surface area contributed by atoms with Gasteiger partial charge in [0.15, 0.2) is 0 Å². The van der Waals surface area contributed by atoms with Crippen molar-refractivity contribution < 1.29 is 9.53 Å². The predicted octanol–water partition coefficient (Wildman–Crippen LogP) is 3.03. The summed E-state index contributed by atoms with van der Waals surface area (Å²) >= 11 is 0. The van der Waals surface area contributed by atoms with E-state index in [1.54, 1.807) is 0 Å². The van der Waals surface area contributed by atoms with E-state index in [1.807, 2.05) is 0 Å². The summed E-state index contributed by atoms with van der Waals surface area (Å²) in [7, 11) is 0. The number of benzene rings is 1. The monoisotopic (exact) mass is 342 g/mol. The van der Waals surface area contributed by atoms with Crippen molar-refractivity contribution in [3.63, 3.8) is 0 Å². The molecule has 0 radical (unpaired) electrons. The van der Waals surface area contributed by atoms with Gasteiger partial charge in [0.25, 0.3) is 0 Å². The van der Waals surface area contributed by atoms with Gasteiger partial charge in [0.2, 0.25) is 5.91 Å². The summed E-state index contributed by atoms with van der Waals surface area (Å²) in [5.74, 6) is 0.849. The van der Waals surface area contributed by atoms with E-state index >= 15 is 0 Å². The minimum absolute atomic E-state index is 0.277. The lowest BCUT2D eigenvalue weighted by Gasteiger charge is -2.44. The van der Waals surface area contributed by atoms with Crippen LogP contribution in [0.4, 0.5) is 0 Å². The fourth-order valence-electron chi connectivity index (χ4n) is 5.04. The number of likely N-dealkylation sites (tertiary alicyclic amines) is 1. The van der Waals surface area contributed by atoms with Crippen LogP contribution in [0.5, 0.6) is 0 Å². The second kappa shape index (κ2) is 7.46. The van der Waals surface area contributed by atoms with E-state index in [2.05, 4.69) is 47.1 Å². The summed E-state index contributed by atoms with van der Waals surface area (Å²) in [6, 6.07) is 11.5. The molecule has 1 aliphatic carbocycles. The Morgan fingerprint density at radius 1 is 1.12 bits per heavy atom. The lowest BCUT2D eigenvalue weighted by molar-refractivity contribution is -0.150. The van der Waals surface area contributed by atoms with Gasteiger partial charge in [-0.1, -0.05) is 43.2 Å². The Kier molecular flexibility index (Phi) is 5.09. The first-order valence-corrected chi connectivity index (χ1v) is 9.94. The summed E-state index contributed by atoms with van der Waals surface area (Å²) in [4.78, 5) is 17.5. The summed E-state index contributed by atoms with van der Waals surface area (Å²) in [5.41, 5.74) is 1.41. The van der Waals surface area contributed by atoms with Crippen molar-refractivity contribution in [2.45, 2.75) is 63.1 Å². The quantitative estimate of drug-likeness (QED) is 0.846. The van der Waals surface area contributed by atoms with Crippen LogP contribution in [0.3, 0.4) is 0 Å². The number of fused-ring (bicyclic) bond motifs is 1. The maximum absolute atomic E-state index is 13.0. The van der Waals surface area contributed by atoms with Crippen LogP contribution in [0.2, 0.25) is 0 Å². The molecule has 2 aliphatic heterocycles. The third-order valence-corrected chi connectivity index (χ3v) is 6.50. The Labute approximate surface area is 151 Å². The third kappa shape index (κ3) is 3.47. The highest BCUT2D eigenvalue weighted by atomic mass is 16.5. The van der Waals surface area contributed by atoms with Crippen molar-refractivity contribution in [1.29, 1.82) is 0 Å². The van der Waals surface area contributed by atoms with Crippen LogP contribution in [0.15, 0.2) is 30.3 Å². The Balaban J connectivity index is 1.39. The van der Waals surface area contributed by atoms with Gasteiger partial charge in [-0.05, 0) is 38.3 Å². The molecule has 2 saturated heterocycles. The molecule has 0 aromatic heterocycles. The van der Waals surface area contributed by atoms with E-state index in [1.165, 1.54) is 18.4 Å². The lowest BCUT2D eigenvalue weighted by atomic mass is 9.90. The number of rotatable bonds is 3. The van der Waals surface area contributed by atoms with Gasteiger partial charge < -0.3 is 9.64 Å². The van der Waals surface area contributed by atoms with E-state index in [0.29, 0.717) is 37.1 Å². The Bertz CT molecular complexity index is 589. The van der Waals surface area contributed by atoms with E-state index < -0.39 is 0 Å². The van der Waals surface area contributed by atoms with Crippen LogP contribution in [-0.4, -0.2) is 60.1 Å². The van der Waals surface area contributed by atoms with Gasteiger partial charge >= 0.3 is 0 Å². The molecular formula is C21H30N2O2. The van der Waals surface area contributed by atoms with E-state index in [9.17, 15) is 4.79 Å². The fraction of sp³-hybridized carbons (Fsp3) is 0.667. The minimum atomic E-state index is 0.277. The smallest absolute Gasteiger partial charge is 0.237 e. The number of hydrogen-bond acceptors (Lipinski definition) is 3. The summed E-state index contributed by atoms with van der Waals surface area (Å²) < 4.78 is 5.92. The summed E-state index contributed by atoms with van der Waals surface area (Å²) in [5, 5.41) is 0. The number of hydrogen-bond donors (Lipinski definition) is 0. The molecule has 4 heteroatoms. The first-order chi connectivity index (χ1) is 12.2. The lowest BCUT2D eigenvalue weighted by Crippen LogP contribution is -2.57. The largest absolute Gasteiger partial charge is 0.374 e. The molecule has 25 heavy (non-hydrogen) atoms. The van der Waals surface area contributed by atoms with Crippen LogP contribution in [0, 0.1) is 0 Å². The highest BCUT2D eigenvalue weighted by molar-refractivity contribution is 5.79. The molecule has 3 fully saturated rings. The van der Waals surface area contributed by atoms with Crippen molar-refractivity contribution in [3.8, 4) is 0 Å². The van der Waals surface area contributed by atoms with Crippen molar-refractivity contribution in [1.82, 2.24) is 9.80 Å². The Morgan fingerprint density at radius 2 is 1.92 bits per heavy atom. The Hall–Kier alpha value is -1.39. The number of amides is 1. The molecule has 1 saturated carbocycles. The fourth-order valence-corrected chi connectivity index (χ4v) is 5.04. The van der Waals surface area contributed by atoms with Gasteiger partial charge in [0, 0.05) is 18.5 Å². The zero-order valence-corrected chi connectivity index (χ0v) is 15.3. The van der Waals surface area contributed by atoms with Gasteiger partial charge in [-0.2, -0.15) is 0 Å². The maximum atomic E-state index is 13.0. The molecule has 2 heterocycles. The van der Waals surface area contributed by atoms with Crippen molar-refractivity contribution >= 4 is 5.91 Å². The van der Waals surface area contributed by atoms with Crippen LogP contribution >= 0.6 is 0 Å². The SMILES string of the molecule is C[C@@H]1[C@H](c2ccccc2)CCN1CC(=O)N1CCO[C@H]2CCCC[C@H]21. The molecular weight excluding hydrogens is 312 g/mol.